The molecule has 1 heterocycles. The molecule has 1 heteroatoms. The first-order valence-electron chi connectivity index (χ1n) is 6.33. The van der Waals surface area contributed by atoms with Gasteiger partial charge in [-0.1, -0.05) is 37.6 Å². The third-order valence-electron chi connectivity index (χ3n) is 3.08. The summed E-state index contributed by atoms with van der Waals surface area (Å²) in [7, 11) is 0. The van der Waals surface area contributed by atoms with E-state index in [1.54, 1.807) is 0 Å². The maximum Gasteiger partial charge on any atom is 0.0707 e. The second kappa shape index (κ2) is 5.62. The first kappa shape index (κ1) is 11.8. The van der Waals surface area contributed by atoms with Gasteiger partial charge in [0.1, 0.15) is 0 Å². The fourth-order valence-corrected chi connectivity index (χ4v) is 2.18. The molecule has 0 fully saturated rings. The summed E-state index contributed by atoms with van der Waals surface area (Å²) in [4.78, 5) is 4.48. The van der Waals surface area contributed by atoms with Crippen LogP contribution in [0.25, 0.3) is 11.3 Å². The number of benzene rings is 1. The molecule has 2 aromatic rings. The zero-order valence-electron chi connectivity index (χ0n) is 10.6. The fourth-order valence-electron chi connectivity index (χ4n) is 2.18. The van der Waals surface area contributed by atoms with E-state index in [-0.39, 0.29) is 0 Å². The lowest BCUT2D eigenvalue weighted by molar-refractivity contribution is 0.795. The van der Waals surface area contributed by atoms with Crippen molar-refractivity contribution in [1.29, 1.82) is 0 Å². The van der Waals surface area contributed by atoms with Crippen LogP contribution in [0.3, 0.4) is 0 Å². The first-order valence-corrected chi connectivity index (χ1v) is 6.33. The van der Waals surface area contributed by atoms with E-state index in [0.717, 1.165) is 12.1 Å². The van der Waals surface area contributed by atoms with E-state index < -0.39 is 0 Å². The fraction of sp³-hybridized carbons (Fsp3) is 0.312. The molecular formula is C16H19N. The van der Waals surface area contributed by atoms with Gasteiger partial charge < -0.3 is 0 Å². The van der Waals surface area contributed by atoms with E-state index in [9.17, 15) is 0 Å². The molecule has 0 aliphatic heterocycles. The van der Waals surface area contributed by atoms with Crippen LogP contribution in [-0.2, 0) is 6.42 Å². The molecule has 0 saturated heterocycles. The summed E-state index contributed by atoms with van der Waals surface area (Å²) in [6, 6.07) is 12.7. The van der Waals surface area contributed by atoms with Crippen LogP contribution in [0.1, 0.15) is 30.9 Å². The monoisotopic (exact) mass is 225 g/mol. The minimum absolute atomic E-state index is 1.09. The Kier molecular flexibility index (Phi) is 3.92. The van der Waals surface area contributed by atoms with Crippen LogP contribution < -0.4 is 0 Å². The average Bonchev–Trinajstić information content (AvgIpc) is 2.37. The molecule has 0 spiro atoms. The minimum Gasteiger partial charge on any atom is -0.256 e. The van der Waals surface area contributed by atoms with Gasteiger partial charge in [0, 0.05) is 11.8 Å². The van der Waals surface area contributed by atoms with E-state index in [1.807, 2.05) is 12.3 Å². The summed E-state index contributed by atoms with van der Waals surface area (Å²) in [6.07, 6.45) is 5.48. The van der Waals surface area contributed by atoms with Gasteiger partial charge in [-0.25, -0.2) is 0 Å². The molecule has 88 valence electrons. The molecule has 0 aliphatic carbocycles. The Balaban J connectivity index is 2.44. The number of aromatic nitrogens is 1. The van der Waals surface area contributed by atoms with Gasteiger partial charge in [0.2, 0.25) is 0 Å². The number of hydrogen-bond donors (Lipinski definition) is 0. The predicted octanol–water partition coefficient (Wildman–Crippen LogP) is 4.40. The zero-order chi connectivity index (χ0) is 12.1. The standard InChI is InChI=1S/C16H19N/c1-3-4-9-14-10-7-8-13(2)16(14)15-11-5-6-12-17-15/h5-8,10-12H,3-4,9H2,1-2H3. The maximum absolute atomic E-state index is 4.48. The minimum atomic E-state index is 1.09. The number of rotatable bonds is 4. The Hall–Kier alpha value is -1.63. The molecule has 0 aliphatic rings. The molecule has 0 N–H and O–H groups in total. The van der Waals surface area contributed by atoms with Crippen molar-refractivity contribution in [2.45, 2.75) is 33.1 Å². The van der Waals surface area contributed by atoms with Crippen LogP contribution in [0.5, 0.6) is 0 Å². The molecule has 17 heavy (non-hydrogen) atoms. The SMILES string of the molecule is CCCCc1cccc(C)c1-c1ccccn1. The summed E-state index contributed by atoms with van der Waals surface area (Å²) >= 11 is 0. The topological polar surface area (TPSA) is 12.9 Å². The van der Waals surface area contributed by atoms with E-state index in [2.05, 4.69) is 49.2 Å². The van der Waals surface area contributed by atoms with Crippen molar-refractivity contribution in [3.63, 3.8) is 0 Å². The summed E-state index contributed by atoms with van der Waals surface area (Å²) in [5.41, 5.74) is 5.15. The molecule has 1 nitrogen and oxygen atoms in total. The second-order valence-electron chi connectivity index (χ2n) is 4.43. The number of pyridine rings is 1. The Bertz CT molecular complexity index is 474. The van der Waals surface area contributed by atoms with Crippen molar-refractivity contribution in [1.82, 2.24) is 4.98 Å². The molecular weight excluding hydrogens is 206 g/mol. The maximum atomic E-state index is 4.48. The predicted molar refractivity (Wildman–Crippen MR) is 73.0 cm³/mol. The highest BCUT2D eigenvalue weighted by Crippen LogP contribution is 2.26. The Morgan fingerprint density at radius 3 is 2.65 bits per heavy atom. The normalized spacial score (nSPS) is 10.5. The molecule has 1 aromatic carbocycles. The van der Waals surface area contributed by atoms with E-state index in [1.165, 1.54) is 29.5 Å². The van der Waals surface area contributed by atoms with E-state index in [0.29, 0.717) is 0 Å². The molecule has 0 atom stereocenters. The van der Waals surface area contributed by atoms with Crippen LogP contribution in [-0.4, -0.2) is 4.98 Å². The average molecular weight is 225 g/mol. The molecule has 1 aromatic heterocycles. The van der Waals surface area contributed by atoms with Gasteiger partial charge in [0.15, 0.2) is 0 Å². The van der Waals surface area contributed by atoms with Crippen molar-refractivity contribution in [2.24, 2.45) is 0 Å². The summed E-state index contributed by atoms with van der Waals surface area (Å²) in [6.45, 7) is 4.40. The summed E-state index contributed by atoms with van der Waals surface area (Å²) in [5.74, 6) is 0. The van der Waals surface area contributed by atoms with Gasteiger partial charge in [-0.05, 0) is 43.0 Å². The lowest BCUT2D eigenvalue weighted by atomic mass is 9.95. The number of hydrogen-bond acceptors (Lipinski definition) is 1. The summed E-state index contributed by atoms with van der Waals surface area (Å²) in [5, 5.41) is 0. The molecule has 0 bridgehead atoms. The van der Waals surface area contributed by atoms with Gasteiger partial charge >= 0.3 is 0 Å². The third kappa shape index (κ3) is 2.73. The summed E-state index contributed by atoms with van der Waals surface area (Å²) < 4.78 is 0. The smallest absolute Gasteiger partial charge is 0.0707 e. The van der Waals surface area contributed by atoms with E-state index in [4.69, 9.17) is 0 Å². The van der Waals surface area contributed by atoms with Crippen LogP contribution in [0.2, 0.25) is 0 Å². The van der Waals surface area contributed by atoms with Crippen LogP contribution in [0, 0.1) is 6.92 Å². The molecule has 0 saturated carbocycles. The molecule has 0 radical (unpaired) electrons. The largest absolute Gasteiger partial charge is 0.256 e. The van der Waals surface area contributed by atoms with Gasteiger partial charge in [-0.2, -0.15) is 0 Å². The Morgan fingerprint density at radius 1 is 1.06 bits per heavy atom. The molecule has 0 unspecified atom stereocenters. The molecule has 2 rings (SSSR count). The zero-order valence-corrected chi connectivity index (χ0v) is 10.6. The lowest BCUT2D eigenvalue weighted by Gasteiger charge is -2.11. The highest BCUT2D eigenvalue weighted by atomic mass is 14.7. The van der Waals surface area contributed by atoms with Gasteiger partial charge in [0.25, 0.3) is 0 Å². The van der Waals surface area contributed by atoms with Gasteiger partial charge in [0.05, 0.1) is 5.69 Å². The highest BCUT2D eigenvalue weighted by molar-refractivity contribution is 5.67. The first-order chi connectivity index (χ1) is 8.33. The van der Waals surface area contributed by atoms with Crippen molar-refractivity contribution in [3.8, 4) is 11.3 Å². The van der Waals surface area contributed by atoms with Crippen LogP contribution in [0.15, 0.2) is 42.6 Å². The van der Waals surface area contributed by atoms with Crippen molar-refractivity contribution in [3.05, 3.63) is 53.7 Å². The van der Waals surface area contributed by atoms with E-state index >= 15 is 0 Å². The Morgan fingerprint density at radius 2 is 1.94 bits per heavy atom. The van der Waals surface area contributed by atoms with Gasteiger partial charge in [-0.3, -0.25) is 4.98 Å². The van der Waals surface area contributed by atoms with Crippen molar-refractivity contribution < 1.29 is 0 Å². The van der Waals surface area contributed by atoms with Gasteiger partial charge in [-0.15, -0.1) is 0 Å². The quantitative estimate of drug-likeness (QED) is 0.751. The van der Waals surface area contributed by atoms with Crippen LogP contribution in [0.4, 0.5) is 0 Å². The highest BCUT2D eigenvalue weighted by Gasteiger charge is 2.08. The van der Waals surface area contributed by atoms with Crippen molar-refractivity contribution in [2.75, 3.05) is 0 Å². The second-order valence-corrected chi connectivity index (χ2v) is 4.43. The third-order valence-corrected chi connectivity index (χ3v) is 3.08. The number of aryl methyl sites for hydroxylation is 2. The van der Waals surface area contributed by atoms with Crippen molar-refractivity contribution >= 4 is 0 Å². The lowest BCUT2D eigenvalue weighted by Crippen LogP contribution is -1.94. The molecule has 0 amide bonds. The van der Waals surface area contributed by atoms with Crippen LogP contribution >= 0.6 is 0 Å². The number of unbranched alkanes of at least 4 members (excludes halogenated alkanes) is 1. The Labute approximate surface area is 104 Å². The number of nitrogens with zero attached hydrogens (tertiary/aromatic N) is 1.